The Bertz CT molecular complexity index is 2480. The number of hydrogen-bond donors (Lipinski definition) is 3. The van der Waals surface area contributed by atoms with Crippen molar-refractivity contribution in [1.82, 2.24) is 15.0 Å². The third kappa shape index (κ3) is 12.6. The Morgan fingerprint density at radius 2 is 0.948 bits per heavy atom. The van der Waals surface area contributed by atoms with Crippen LogP contribution in [0, 0.1) is 20.8 Å². The molecule has 0 aliphatic heterocycles. The van der Waals surface area contributed by atoms with E-state index in [4.69, 9.17) is 14.2 Å². The summed E-state index contributed by atoms with van der Waals surface area (Å²) in [6.07, 6.45) is 7.57. The van der Waals surface area contributed by atoms with Crippen LogP contribution in [-0.2, 0) is 30.1 Å². The number of aryl methyl sites for hydroxylation is 3. The Hall–Kier alpha value is -6.24. The molecular formula is C40H44N6O9S3. The maximum atomic E-state index is 12.4. The lowest BCUT2D eigenvalue weighted by Gasteiger charge is -2.13. The van der Waals surface area contributed by atoms with Gasteiger partial charge in [-0.25, -0.2) is 30.2 Å². The molecule has 6 rings (SSSR count). The van der Waals surface area contributed by atoms with Crippen molar-refractivity contribution in [2.45, 2.75) is 42.4 Å². The highest BCUT2D eigenvalue weighted by Gasteiger charge is 2.22. The van der Waals surface area contributed by atoms with E-state index in [1.165, 1.54) is 32.8 Å². The van der Waals surface area contributed by atoms with Gasteiger partial charge in [-0.3, -0.25) is 24.1 Å². The van der Waals surface area contributed by atoms with Gasteiger partial charge in [0, 0.05) is 18.6 Å². The summed E-state index contributed by atoms with van der Waals surface area (Å²) >= 11 is 0. The average Bonchev–Trinajstić information content (AvgIpc) is 3.20. The van der Waals surface area contributed by atoms with Crippen molar-refractivity contribution in [3.8, 4) is 17.2 Å². The lowest BCUT2D eigenvalue weighted by atomic mass is 10.2. The van der Waals surface area contributed by atoms with E-state index >= 15 is 0 Å². The number of methoxy groups -OCH3 is 2. The summed E-state index contributed by atoms with van der Waals surface area (Å²) in [5.74, 6) is 1.22. The minimum absolute atomic E-state index is 0.0978. The molecule has 0 amide bonds. The molecular weight excluding hydrogens is 805 g/mol. The largest absolute Gasteiger partial charge is 0.495 e. The minimum atomic E-state index is -3.72. The van der Waals surface area contributed by atoms with Crippen LogP contribution in [-0.4, -0.2) is 61.0 Å². The Morgan fingerprint density at radius 1 is 0.517 bits per heavy atom. The molecule has 58 heavy (non-hydrogen) atoms. The molecule has 0 atom stereocenters. The summed E-state index contributed by atoms with van der Waals surface area (Å²) in [5.41, 5.74) is 3.34. The molecule has 0 saturated carbocycles. The first-order chi connectivity index (χ1) is 27.6. The summed E-state index contributed by atoms with van der Waals surface area (Å²) in [4.78, 5) is 12.0. The predicted octanol–water partition coefficient (Wildman–Crippen LogP) is 6.99. The van der Waals surface area contributed by atoms with Gasteiger partial charge in [0.2, 0.25) is 0 Å². The van der Waals surface area contributed by atoms with Crippen LogP contribution in [0.2, 0.25) is 0 Å². The van der Waals surface area contributed by atoms with Gasteiger partial charge in [0.05, 0.1) is 44.6 Å². The molecule has 0 fully saturated rings. The molecule has 3 heterocycles. The van der Waals surface area contributed by atoms with Gasteiger partial charge in [-0.05, 0) is 117 Å². The molecule has 0 radical (unpaired) electrons. The van der Waals surface area contributed by atoms with Crippen LogP contribution in [0.25, 0.3) is 0 Å². The number of nitrogens with zero attached hydrogens (tertiary/aromatic N) is 3. The first-order valence-electron chi connectivity index (χ1n) is 17.4. The van der Waals surface area contributed by atoms with E-state index in [0.29, 0.717) is 35.2 Å². The number of hydrogen-bond acceptors (Lipinski definition) is 12. The lowest BCUT2D eigenvalue weighted by molar-refractivity contribution is 0.331. The van der Waals surface area contributed by atoms with Crippen molar-refractivity contribution in [2.24, 2.45) is 0 Å². The number of anilines is 3. The highest BCUT2D eigenvalue weighted by molar-refractivity contribution is 7.93. The van der Waals surface area contributed by atoms with Crippen molar-refractivity contribution in [1.29, 1.82) is 0 Å². The Kier molecular flexibility index (Phi) is 15.5. The number of pyridine rings is 3. The lowest BCUT2D eigenvalue weighted by Crippen LogP contribution is -2.15. The van der Waals surface area contributed by atoms with Crippen molar-refractivity contribution < 1.29 is 39.5 Å². The Balaban J connectivity index is 0.000000193. The zero-order chi connectivity index (χ0) is 42.3. The normalized spacial score (nSPS) is 11.1. The standard InChI is InChI=1S/C14H16N2O3S.2C13H14N2O3S/c1-3-19-13-7-6-11(2)9-14(13)20(17,18)16-12-5-4-8-15-10-12;1-10-5-6-12(18-2)13(8-10)19(16,17)15-11-4-3-7-14-9-11;1-10-6-7-11(18-2)12(9-10)19(16,17)15-13-5-3-4-8-14-13/h4-10,16H,3H2,1-2H3;3-9,15H,1-2H3;3-9H,1-2H3,(H,14,15). The second-order valence-corrected chi connectivity index (χ2v) is 17.2. The van der Waals surface area contributed by atoms with Gasteiger partial charge >= 0.3 is 0 Å². The molecule has 0 aliphatic rings. The summed E-state index contributed by atoms with van der Waals surface area (Å²) in [7, 11) is -8.24. The Morgan fingerprint density at radius 3 is 1.33 bits per heavy atom. The molecule has 0 aliphatic carbocycles. The number of nitrogens with one attached hydrogen (secondary N) is 3. The first-order valence-corrected chi connectivity index (χ1v) is 21.9. The van der Waals surface area contributed by atoms with Gasteiger partial charge in [-0.1, -0.05) is 24.3 Å². The highest BCUT2D eigenvalue weighted by Crippen LogP contribution is 2.29. The number of aromatic nitrogens is 3. The number of benzene rings is 3. The fraction of sp³-hybridized carbons (Fsp3) is 0.175. The van der Waals surface area contributed by atoms with Crippen molar-refractivity contribution >= 4 is 47.3 Å². The first kappa shape index (κ1) is 44.5. The van der Waals surface area contributed by atoms with Gasteiger partial charge in [0.1, 0.15) is 37.8 Å². The molecule has 3 aromatic heterocycles. The molecule has 0 saturated heterocycles. The van der Waals surface area contributed by atoms with Crippen molar-refractivity contribution in [3.63, 3.8) is 0 Å². The van der Waals surface area contributed by atoms with Crippen LogP contribution in [0.1, 0.15) is 23.6 Å². The molecule has 306 valence electrons. The second kappa shape index (κ2) is 20.3. The topological polar surface area (TPSA) is 205 Å². The summed E-state index contributed by atoms with van der Waals surface area (Å²) in [6.45, 7) is 7.68. The molecule has 15 nitrogen and oxygen atoms in total. The molecule has 3 N–H and O–H groups in total. The van der Waals surface area contributed by atoms with Crippen LogP contribution in [0.5, 0.6) is 17.2 Å². The van der Waals surface area contributed by atoms with E-state index in [0.717, 1.165) is 16.7 Å². The van der Waals surface area contributed by atoms with Gasteiger partial charge in [0.15, 0.2) is 0 Å². The zero-order valence-electron chi connectivity index (χ0n) is 32.6. The summed E-state index contributed by atoms with van der Waals surface area (Å²) in [5, 5.41) is 0. The predicted molar refractivity (Wildman–Crippen MR) is 223 cm³/mol. The van der Waals surface area contributed by atoms with Gasteiger partial charge in [-0.15, -0.1) is 0 Å². The quantitative estimate of drug-likeness (QED) is 0.108. The SMILES string of the molecule is CCOc1ccc(C)cc1S(=O)(=O)Nc1cccnc1.COc1ccc(C)cc1S(=O)(=O)Nc1ccccn1.COc1ccc(C)cc1S(=O)(=O)Nc1cccnc1. The van der Waals surface area contributed by atoms with Crippen molar-refractivity contribution in [2.75, 3.05) is 35.0 Å². The van der Waals surface area contributed by atoms with E-state index in [-0.39, 0.29) is 20.5 Å². The van der Waals surface area contributed by atoms with Crippen LogP contribution in [0.15, 0.2) is 143 Å². The average molecular weight is 849 g/mol. The minimum Gasteiger partial charge on any atom is -0.495 e. The van der Waals surface area contributed by atoms with Crippen LogP contribution in [0.3, 0.4) is 0 Å². The highest BCUT2D eigenvalue weighted by atomic mass is 32.2. The molecule has 18 heteroatoms. The maximum absolute atomic E-state index is 12.4. The number of ether oxygens (including phenoxy) is 3. The van der Waals surface area contributed by atoms with E-state index in [1.54, 1.807) is 103 Å². The van der Waals surface area contributed by atoms with E-state index < -0.39 is 30.1 Å². The van der Waals surface area contributed by atoms with E-state index in [9.17, 15) is 25.3 Å². The zero-order valence-corrected chi connectivity index (χ0v) is 35.0. The van der Waals surface area contributed by atoms with E-state index in [1.807, 2.05) is 33.8 Å². The molecule has 6 aromatic rings. The summed E-state index contributed by atoms with van der Waals surface area (Å²) in [6, 6.07) is 26.6. The number of rotatable bonds is 13. The third-order valence-corrected chi connectivity index (χ3v) is 11.8. The monoisotopic (exact) mass is 848 g/mol. The van der Waals surface area contributed by atoms with Crippen LogP contribution >= 0.6 is 0 Å². The molecule has 0 unspecified atom stereocenters. The third-order valence-electron chi connectivity index (χ3n) is 7.64. The number of sulfonamides is 3. The Labute approximate surface area is 339 Å². The second-order valence-electron chi connectivity index (χ2n) is 12.2. The van der Waals surface area contributed by atoms with Gasteiger partial charge in [0.25, 0.3) is 30.1 Å². The van der Waals surface area contributed by atoms with Gasteiger partial charge < -0.3 is 14.2 Å². The van der Waals surface area contributed by atoms with Crippen LogP contribution in [0.4, 0.5) is 17.2 Å². The fourth-order valence-electron chi connectivity index (χ4n) is 4.97. The van der Waals surface area contributed by atoms with Crippen LogP contribution < -0.4 is 28.4 Å². The molecule has 3 aromatic carbocycles. The van der Waals surface area contributed by atoms with Gasteiger partial charge in [-0.2, -0.15) is 0 Å². The molecule has 0 spiro atoms. The summed E-state index contributed by atoms with van der Waals surface area (Å²) < 4.78 is 97.0. The fourth-order valence-corrected chi connectivity index (χ4v) is 8.81. The maximum Gasteiger partial charge on any atom is 0.266 e. The molecule has 0 bridgehead atoms. The van der Waals surface area contributed by atoms with E-state index in [2.05, 4.69) is 29.1 Å². The van der Waals surface area contributed by atoms with Crippen molar-refractivity contribution in [3.05, 3.63) is 145 Å². The smallest absolute Gasteiger partial charge is 0.266 e.